The molecule has 14 heavy (non-hydrogen) atoms. The van der Waals surface area contributed by atoms with Crippen LogP contribution in [-0.2, 0) is 0 Å². The van der Waals surface area contributed by atoms with Crippen molar-refractivity contribution >= 4 is 23.2 Å². The van der Waals surface area contributed by atoms with Crippen molar-refractivity contribution in [3.8, 4) is 5.75 Å². The van der Waals surface area contributed by atoms with E-state index >= 15 is 0 Å². The van der Waals surface area contributed by atoms with Crippen LogP contribution in [0.2, 0.25) is 10.0 Å². The molecule has 2 rings (SSSR count). The summed E-state index contributed by atoms with van der Waals surface area (Å²) in [7, 11) is 0. The van der Waals surface area contributed by atoms with Crippen LogP contribution in [0.25, 0.3) is 0 Å². The van der Waals surface area contributed by atoms with Crippen LogP contribution in [0, 0.1) is 5.92 Å². The first-order chi connectivity index (χ1) is 6.59. The third-order valence-corrected chi connectivity index (χ3v) is 3.05. The summed E-state index contributed by atoms with van der Waals surface area (Å²) >= 11 is 11.6. The summed E-state index contributed by atoms with van der Waals surface area (Å²) < 4.78 is 0. The van der Waals surface area contributed by atoms with Crippen molar-refractivity contribution < 1.29 is 5.11 Å². The van der Waals surface area contributed by atoms with E-state index in [0.29, 0.717) is 16.5 Å². The predicted molar refractivity (Wildman–Crippen MR) is 57.8 cm³/mol. The van der Waals surface area contributed by atoms with Crippen molar-refractivity contribution in [3.63, 3.8) is 0 Å². The largest absolute Gasteiger partial charge is 0.506 e. The number of aromatic hydroxyl groups is 1. The molecule has 0 heterocycles. The first-order valence-corrected chi connectivity index (χ1v) is 5.28. The third-order valence-electron chi connectivity index (χ3n) is 2.55. The number of nitrogens with two attached hydrogens (primary N) is 1. The second kappa shape index (κ2) is 3.61. The number of benzene rings is 1. The van der Waals surface area contributed by atoms with Gasteiger partial charge in [0.15, 0.2) is 0 Å². The van der Waals surface area contributed by atoms with Gasteiger partial charge in [0.2, 0.25) is 0 Å². The summed E-state index contributed by atoms with van der Waals surface area (Å²) in [5.74, 6) is 0.533. The highest BCUT2D eigenvalue weighted by Gasteiger charge is 2.31. The minimum Gasteiger partial charge on any atom is -0.506 e. The van der Waals surface area contributed by atoms with E-state index in [1.165, 1.54) is 6.07 Å². The first kappa shape index (κ1) is 10.1. The van der Waals surface area contributed by atoms with Crippen LogP contribution in [-0.4, -0.2) is 5.11 Å². The third kappa shape index (κ3) is 1.83. The van der Waals surface area contributed by atoms with Gasteiger partial charge in [-0.15, -0.1) is 0 Å². The Morgan fingerprint density at radius 2 is 2.00 bits per heavy atom. The first-order valence-electron chi connectivity index (χ1n) is 4.53. The summed E-state index contributed by atoms with van der Waals surface area (Å²) in [5, 5.41) is 10.5. The van der Waals surface area contributed by atoms with Crippen molar-refractivity contribution in [2.75, 3.05) is 0 Å². The molecule has 0 spiro atoms. The van der Waals surface area contributed by atoms with Crippen molar-refractivity contribution in [1.29, 1.82) is 0 Å². The number of hydrogen-bond donors (Lipinski definition) is 2. The zero-order chi connectivity index (χ0) is 10.3. The van der Waals surface area contributed by atoms with Gasteiger partial charge in [-0.1, -0.05) is 23.2 Å². The molecule has 1 aromatic carbocycles. The number of phenols is 1. The smallest absolute Gasteiger partial charge is 0.139 e. The van der Waals surface area contributed by atoms with Gasteiger partial charge in [-0.05, 0) is 30.9 Å². The molecule has 1 saturated carbocycles. The van der Waals surface area contributed by atoms with Crippen molar-refractivity contribution in [2.45, 2.75) is 18.9 Å². The van der Waals surface area contributed by atoms with Crippen LogP contribution < -0.4 is 5.73 Å². The molecule has 1 unspecified atom stereocenters. The maximum atomic E-state index is 9.70. The van der Waals surface area contributed by atoms with E-state index in [1.54, 1.807) is 6.07 Å². The topological polar surface area (TPSA) is 46.2 Å². The normalized spacial score (nSPS) is 18.2. The van der Waals surface area contributed by atoms with Crippen LogP contribution >= 0.6 is 23.2 Å². The monoisotopic (exact) mass is 231 g/mol. The molecule has 0 radical (unpaired) electrons. The van der Waals surface area contributed by atoms with E-state index in [9.17, 15) is 5.11 Å². The van der Waals surface area contributed by atoms with E-state index in [-0.39, 0.29) is 16.8 Å². The second-order valence-electron chi connectivity index (χ2n) is 3.69. The molecule has 1 aliphatic carbocycles. The molecule has 0 amide bonds. The van der Waals surface area contributed by atoms with Gasteiger partial charge in [0.25, 0.3) is 0 Å². The maximum Gasteiger partial charge on any atom is 0.139 e. The Balaban J connectivity index is 2.39. The standard InChI is InChI=1S/C10H11Cl2NO/c11-6-3-7(9(13)5-1-2-5)10(14)8(12)4-6/h3-5,9,14H,1-2,13H2. The van der Waals surface area contributed by atoms with Crippen LogP contribution in [0.4, 0.5) is 0 Å². The molecule has 1 aliphatic rings. The highest BCUT2D eigenvalue weighted by atomic mass is 35.5. The number of phenolic OH excluding ortho intramolecular Hbond substituents is 1. The fourth-order valence-electron chi connectivity index (χ4n) is 1.55. The van der Waals surface area contributed by atoms with Crippen molar-refractivity contribution in [1.82, 2.24) is 0 Å². The van der Waals surface area contributed by atoms with Gasteiger partial charge in [-0.3, -0.25) is 0 Å². The molecule has 0 saturated heterocycles. The Morgan fingerprint density at radius 1 is 1.36 bits per heavy atom. The van der Waals surface area contributed by atoms with Gasteiger partial charge >= 0.3 is 0 Å². The average molecular weight is 232 g/mol. The lowest BCUT2D eigenvalue weighted by molar-refractivity contribution is 0.456. The highest BCUT2D eigenvalue weighted by molar-refractivity contribution is 6.35. The Morgan fingerprint density at radius 3 is 2.57 bits per heavy atom. The lowest BCUT2D eigenvalue weighted by Crippen LogP contribution is -2.12. The Hall–Kier alpha value is -0.440. The van der Waals surface area contributed by atoms with Gasteiger partial charge in [-0.2, -0.15) is 0 Å². The van der Waals surface area contributed by atoms with Crippen molar-refractivity contribution in [3.05, 3.63) is 27.7 Å². The van der Waals surface area contributed by atoms with E-state index < -0.39 is 0 Å². The van der Waals surface area contributed by atoms with Crippen LogP contribution in [0.3, 0.4) is 0 Å². The molecule has 76 valence electrons. The van der Waals surface area contributed by atoms with E-state index in [1.807, 2.05) is 0 Å². The van der Waals surface area contributed by atoms with E-state index in [2.05, 4.69) is 0 Å². The maximum absolute atomic E-state index is 9.70. The summed E-state index contributed by atoms with van der Waals surface area (Å²) in [5.41, 5.74) is 6.62. The molecule has 2 nitrogen and oxygen atoms in total. The van der Waals surface area contributed by atoms with E-state index in [0.717, 1.165) is 12.8 Å². The summed E-state index contributed by atoms with van der Waals surface area (Å²) in [6, 6.07) is 3.05. The van der Waals surface area contributed by atoms with Gasteiger partial charge in [0.05, 0.1) is 5.02 Å². The SMILES string of the molecule is NC(c1cc(Cl)cc(Cl)c1O)C1CC1. The number of halogens is 2. The average Bonchev–Trinajstić information content (AvgIpc) is 2.93. The highest BCUT2D eigenvalue weighted by Crippen LogP contribution is 2.44. The quantitative estimate of drug-likeness (QED) is 0.822. The molecule has 0 bridgehead atoms. The molecule has 0 aliphatic heterocycles. The van der Waals surface area contributed by atoms with Gasteiger partial charge < -0.3 is 10.8 Å². The molecule has 0 aromatic heterocycles. The lowest BCUT2D eigenvalue weighted by Gasteiger charge is -2.13. The fourth-order valence-corrected chi connectivity index (χ4v) is 2.06. The summed E-state index contributed by atoms with van der Waals surface area (Å²) in [6.07, 6.45) is 2.23. The lowest BCUT2D eigenvalue weighted by atomic mass is 10.0. The van der Waals surface area contributed by atoms with Gasteiger partial charge in [0, 0.05) is 16.6 Å². The fraction of sp³-hybridized carbons (Fsp3) is 0.400. The van der Waals surface area contributed by atoms with Crippen molar-refractivity contribution in [2.24, 2.45) is 11.7 Å². The minimum absolute atomic E-state index is 0.0652. The molecule has 1 atom stereocenters. The zero-order valence-corrected chi connectivity index (χ0v) is 9.02. The second-order valence-corrected chi connectivity index (χ2v) is 4.53. The van der Waals surface area contributed by atoms with Crippen LogP contribution in [0.5, 0.6) is 5.75 Å². The zero-order valence-electron chi connectivity index (χ0n) is 7.50. The summed E-state index contributed by atoms with van der Waals surface area (Å²) in [6.45, 7) is 0. The molecular weight excluding hydrogens is 221 g/mol. The Bertz CT molecular complexity index is 363. The summed E-state index contributed by atoms with van der Waals surface area (Å²) in [4.78, 5) is 0. The number of rotatable bonds is 2. The molecule has 3 N–H and O–H groups in total. The van der Waals surface area contributed by atoms with Gasteiger partial charge in [-0.25, -0.2) is 0 Å². The molecule has 4 heteroatoms. The van der Waals surface area contributed by atoms with E-state index in [4.69, 9.17) is 28.9 Å². The molecular formula is C10H11Cl2NO. The van der Waals surface area contributed by atoms with Crippen LogP contribution in [0.1, 0.15) is 24.4 Å². The number of hydrogen-bond acceptors (Lipinski definition) is 2. The van der Waals surface area contributed by atoms with Crippen LogP contribution in [0.15, 0.2) is 12.1 Å². The Labute approximate surface area is 92.6 Å². The predicted octanol–water partition coefficient (Wildman–Crippen LogP) is 3.11. The molecule has 1 fully saturated rings. The Kier molecular flexibility index (Phi) is 2.60. The van der Waals surface area contributed by atoms with Gasteiger partial charge in [0.1, 0.15) is 5.75 Å². The molecule has 1 aromatic rings. The minimum atomic E-state index is -0.147.